The van der Waals surface area contributed by atoms with Crippen LogP contribution in [0.2, 0.25) is 16.6 Å². The van der Waals surface area contributed by atoms with E-state index in [4.69, 9.17) is 4.74 Å². The minimum Gasteiger partial charge on any atom is -0.363 e. The molecular weight excluding hydrogens is 236 g/mol. The lowest BCUT2D eigenvalue weighted by Crippen LogP contribution is -2.43. The van der Waals surface area contributed by atoms with Gasteiger partial charge in [-0.15, -0.1) is 5.54 Å². The molecule has 0 aliphatic carbocycles. The molecule has 1 nitrogen and oxygen atoms in total. The van der Waals surface area contributed by atoms with Gasteiger partial charge in [-0.2, -0.15) is 0 Å². The van der Waals surface area contributed by atoms with Crippen molar-refractivity contribution in [3.05, 3.63) is 0 Å². The third-order valence-electron chi connectivity index (χ3n) is 3.75. The van der Waals surface area contributed by atoms with Crippen LogP contribution in [0.4, 0.5) is 0 Å². The lowest BCUT2D eigenvalue weighted by molar-refractivity contribution is 0.0181. The molecular formula is C16H32OSi. The van der Waals surface area contributed by atoms with Gasteiger partial charge in [-0.1, -0.05) is 47.5 Å². The van der Waals surface area contributed by atoms with Crippen molar-refractivity contribution in [2.24, 2.45) is 0 Å². The minimum absolute atomic E-state index is 0.0909. The highest BCUT2D eigenvalue weighted by molar-refractivity contribution is 6.90. The van der Waals surface area contributed by atoms with Crippen LogP contribution in [0.3, 0.4) is 0 Å². The summed E-state index contributed by atoms with van der Waals surface area (Å²) in [7, 11) is -1.57. The van der Waals surface area contributed by atoms with Crippen LogP contribution in [0.15, 0.2) is 0 Å². The molecule has 0 saturated carbocycles. The molecule has 2 heteroatoms. The van der Waals surface area contributed by atoms with Gasteiger partial charge in [-0.3, -0.25) is 0 Å². The molecule has 18 heavy (non-hydrogen) atoms. The molecule has 0 bridgehead atoms. The van der Waals surface area contributed by atoms with Crippen molar-refractivity contribution in [2.45, 2.75) is 84.5 Å². The van der Waals surface area contributed by atoms with Crippen LogP contribution < -0.4 is 0 Å². The molecule has 0 heterocycles. The fourth-order valence-corrected chi connectivity index (χ4v) is 8.12. The van der Waals surface area contributed by atoms with Gasteiger partial charge in [0.25, 0.3) is 0 Å². The third-order valence-corrected chi connectivity index (χ3v) is 10.1. The maximum Gasteiger partial charge on any atom is 0.146 e. The van der Waals surface area contributed by atoms with E-state index in [1.165, 1.54) is 0 Å². The molecule has 0 rings (SSSR count). The van der Waals surface area contributed by atoms with E-state index in [0.717, 1.165) is 0 Å². The van der Waals surface area contributed by atoms with Gasteiger partial charge in [0.2, 0.25) is 0 Å². The molecule has 0 unspecified atom stereocenters. The van der Waals surface area contributed by atoms with Crippen LogP contribution in [-0.2, 0) is 4.74 Å². The summed E-state index contributed by atoms with van der Waals surface area (Å²) >= 11 is 0. The van der Waals surface area contributed by atoms with E-state index in [0.29, 0.717) is 23.2 Å². The Kier molecular flexibility index (Phi) is 6.67. The van der Waals surface area contributed by atoms with Crippen LogP contribution in [0.1, 0.15) is 62.3 Å². The topological polar surface area (TPSA) is 9.23 Å². The van der Waals surface area contributed by atoms with Gasteiger partial charge >= 0.3 is 0 Å². The SMILES string of the molecule is CC(C)[Si](C#CCOC(C)(C)C)(C(C)C)C(C)C. The second kappa shape index (κ2) is 6.77. The monoisotopic (exact) mass is 268 g/mol. The highest BCUT2D eigenvalue weighted by atomic mass is 28.3. The van der Waals surface area contributed by atoms with Crippen molar-refractivity contribution in [3.63, 3.8) is 0 Å². The first kappa shape index (κ1) is 17.7. The molecule has 0 aromatic heterocycles. The van der Waals surface area contributed by atoms with Crippen LogP contribution in [-0.4, -0.2) is 20.3 Å². The molecule has 0 aromatic carbocycles. The third kappa shape index (κ3) is 4.78. The van der Waals surface area contributed by atoms with Crippen molar-refractivity contribution in [2.75, 3.05) is 6.61 Å². The molecule has 0 aliphatic rings. The van der Waals surface area contributed by atoms with Gasteiger partial charge in [-0.25, -0.2) is 0 Å². The van der Waals surface area contributed by atoms with Gasteiger partial charge in [0.15, 0.2) is 0 Å². The largest absolute Gasteiger partial charge is 0.363 e. The average molecular weight is 269 g/mol. The number of ether oxygens (including phenoxy) is 1. The molecule has 0 amide bonds. The first-order chi connectivity index (χ1) is 8.04. The number of hydrogen-bond acceptors (Lipinski definition) is 1. The van der Waals surface area contributed by atoms with Crippen molar-refractivity contribution >= 4 is 8.07 Å². The lowest BCUT2D eigenvalue weighted by Gasteiger charge is -2.38. The summed E-state index contributed by atoms with van der Waals surface area (Å²) in [6.45, 7) is 20.8. The Morgan fingerprint density at radius 2 is 1.28 bits per heavy atom. The zero-order valence-electron chi connectivity index (χ0n) is 13.8. The van der Waals surface area contributed by atoms with Crippen LogP contribution in [0.5, 0.6) is 0 Å². The minimum atomic E-state index is -1.57. The van der Waals surface area contributed by atoms with Crippen molar-refractivity contribution in [3.8, 4) is 11.5 Å². The quantitative estimate of drug-likeness (QED) is 0.513. The predicted molar refractivity (Wildman–Crippen MR) is 84.5 cm³/mol. The Hall–Kier alpha value is -0.263. The second-order valence-corrected chi connectivity index (χ2v) is 12.7. The highest BCUT2D eigenvalue weighted by Crippen LogP contribution is 2.40. The van der Waals surface area contributed by atoms with Gasteiger partial charge in [0.05, 0.1) is 5.60 Å². The van der Waals surface area contributed by atoms with E-state index in [9.17, 15) is 0 Å². The van der Waals surface area contributed by atoms with Gasteiger partial charge < -0.3 is 4.74 Å². The summed E-state index contributed by atoms with van der Waals surface area (Å²) in [4.78, 5) is 0. The molecule has 0 saturated heterocycles. The normalized spacial score (nSPS) is 13.1. The van der Waals surface area contributed by atoms with Gasteiger partial charge in [0.1, 0.15) is 14.7 Å². The molecule has 0 spiro atoms. The molecule has 0 radical (unpaired) electrons. The Morgan fingerprint density at radius 1 is 0.889 bits per heavy atom. The fourth-order valence-electron chi connectivity index (χ4n) is 2.87. The molecule has 0 N–H and O–H groups in total. The molecule has 0 atom stereocenters. The zero-order chi connectivity index (χ0) is 14.6. The summed E-state index contributed by atoms with van der Waals surface area (Å²) in [6, 6.07) is 0. The van der Waals surface area contributed by atoms with Crippen molar-refractivity contribution in [1.82, 2.24) is 0 Å². The van der Waals surface area contributed by atoms with Crippen LogP contribution >= 0.6 is 0 Å². The van der Waals surface area contributed by atoms with Gasteiger partial charge in [0, 0.05) is 0 Å². The standard InChI is InChI=1S/C16H32OSi/c1-13(2)18(14(3)4,15(5)6)12-10-11-17-16(7,8)9/h13-15H,11H2,1-9H3. The number of hydrogen-bond donors (Lipinski definition) is 0. The summed E-state index contributed by atoms with van der Waals surface area (Å²) in [5.74, 6) is 3.32. The maximum atomic E-state index is 5.71. The van der Waals surface area contributed by atoms with Crippen LogP contribution in [0.25, 0.3) is 0 Å². The van der Waals surface area contributed by atoms with E-state index in [1.54, 1.807) is 0 Å². The lowest BCUT2D eigenvalue weighted by atomic mass is 10.2. The van der Waals surface area contributed by atoms with E-state index >= 15 is 0 Å². The summed E-state index contributed by atoms with van der Waals surface area (Å²) in [5, 5.41) is 0. The summed E-state index contributed by atoms with van der Waals surface area (Å²) < 4.78 is 5.71. The Balaban J connectivity index is 4.97. The smallest absolute Gasteiger partial charge is 0.146 e. The first-order valence-corrected chi connectivity index (χ1v) is 9.41. The summed E-state index contributed by atoms with van der Waals surface area (Å²) in [6.07, 6.45) is 0. The Morgan fingerprint density at radius 3 is 1.56 bits per heavy atom. The van der Waals surface area contributed by atoms with Crippen molar-refractivity contribution < 1.29 is 4.74 Å². The first-order valence-electron chi connectivity index (χ1n) is 7.18. The van der Waals surface area contributed by atoms with E-state index in [1.807, 2.05) is 0 Å². The van der Waals surface area contributed by atoms with Crippen LogP contribution in [0, 0.1) is 11.5 Å². The average Bonchev–Trinajstić information content (AvgIpc) is 2.13. The Labute approximate surface area is 116 Å². The Bertz CT molecular complexity index is 278. The van der Waals surface area contributed by atoms with E-state index in [2.05, 4.69) is 73.8 Å². The summed E-state index contributed by atoms with van der Waals surface area (Å²) in [5.41, 5.74) is 5.66. The van der Waals surface area contributed by atoms with E-state index in [-0.39, 0.29) is 5.60 Å². The second-order valence-electron chi connectivity index (χ2n) is 7.10. The zero-order valence-corrected chi connectivity index (χ0v) is 14.8. The number of rotatable bonds is 4. The van der Waals surface area contributed by atoms with Gasteiger partial charge in [-0.05, 0) is 37.4 Å². The maximum absolute atomic E-state index is 5.71. The van der Waals surface area contributed by atoms with E-state index < -0.39 is 8.07 Å². The fraction of sp³-hybridized carbons (Fsp3) is 0.875. The predicted octanol–water partition coefficient (Wildman–Crippen LogP) is 5.02. The highest BCUT2D eigenvalue weighted by Gasteiger charge is 2.41. The molecule has 0 aliphatic heterocycles. The molecule has 106 valence electrons. The van der Waals surface area contributed by atoms with Crippen molar-refractivity contribution in [1.29, 1.82) is 0 Å². The molecule has 0 aromatic rings. The molecule has 0 fully saturated rings.